The Kier molecular flexibility index (Phi) is 5.68. The van der Waals surface area contributed by atoms with E-state index in [4.69, 9.17) is 4.42 Å². The van der Waals surface area contributed by atoms with Crippen LogP contribution in [0, 0.1) is 11.8 Å². The quantitative estimate of drug-likeness (QED) is 0.872. The van der Waals surface area contributed by atoms with Gasteiger partial charge in [0, 0.05) is 37.1 Å². The third-order valence-corrected chi connectivity index (χ3v) is 5.30. The highest BCUT2D eigenvalue weighted by Gasteiger charge is 2.21. The van der Waals surface area contributed by atoms with Gasteiger partial charge in [-0.15, -0.1) is 11.3 Å². The normalized spacial score (nSPS) is 21.8. The van der Waals surface area contributed by atoms with Crippen LogP contribution >= 0.6 is 11.3 Å². The molecule has 5 nitrogen and oxygen atoms in total. The molecule has 0 saturated carbocycles. The van der Waals surface area contributed by atoms with Gasteiger partial charge >= 0.3 is 0 Å². The van der Waals surface area contributed by atoms with Gasteiger partial charge in [-0.1, -0.05) is 13.8 Å². The predicted molar refractivity (Wildman–Crippen MR) is 95.9 cm³/mol. The smallest absolute Gasteiger partial charge is 0.226 e. The van der Waals surface area contributed by atoms with E-state index in [9.17, 15) is 4.79 Å². The first-order valence-electron chi connectivity index (χ1n) is 8.56. The number of amides is 1. The maximum atomic E-state index is 12.1. The van der Waals surface area contributed by atoms with Gasteiger partial charge in [-0.25, -0.2) is 4.98 Å². The largest absolute Gasteiger partial charge is 0.472 e. The third-order valence-electron chi connectivity index (χ3n) is 4.36. The molecule has 1 aliphatic rings. The maximum absolute atomic E-state index is 12.1. The average molecular weight is 347 g/mol. The fourth-order valence-electron chi connectivity index (χ4n) is 3.46. The Labute approximate surface area is 147 Å². The van der Waals surface area contributed by atoms with Crippen molar-refractivity contribution in [3.63, 3.8) is 0 Å². The van der Waals surface area contributed by atoms with Crippen LogP contribution in [0.4, 0.5) is 0 Å². The second-order valence-corrected chi connectivity index (χ2v) is 7.75. The summed E-state index contributed by atoms with van der Waals surface area (Å²) in [6.07, 6.45) is 4.95. The molecular weight excluding hydrogens is 322 g/mol. The number of aromatic nitrogens is 1. The number of carbonyl (C=O) groups is 1. The number of nitrogens with zero attached hydrogens (tertiary/aromatic N) is 2. The Morgan fingerprint density at radius 2 is 2.21 bits per heavy atom. The molecule has 2 aromatic heterocycles. The van der Waals surface area contributed by atoms with E-state index in [0.29, 0.717) is 13.0 Å². The number of carbonyl (C=O) groups excluding carboxylic acids is 1. The third kappa shape index (κ3) is 4.68. The lowest BCUT2D eigenvalue weighted by molar-refractivity contribution is -0.120. The van der Waals surface area contributed by atoms with Crippen molar-refractivity contribution in [2.45, 2.75) is 26.7 Å². The molecule has 3 heterocycles. The SMILES string of the molecule is C[C@H]1C[C@H](C)CN(CCNC(=O)Cc2csc(-c3ccoc3)n2)C1. The van der Waals surface area contributed by atoms with Crippen molar-refractivity contribution in [2.75, 3.05) is 26.2 Å². The summed E-state index contributed by atoms with van der Waals surface area (Å²) in [7, 11) is 0. The molecule has 0 radical (unpaired) electrons. The molecule has 2 aromatic rings. The van der Waals surface area contributed by atoms with Gasteiger partial charge in [-0.2, -0.15) is 0 Å². The van der Waals surface area contributed by atoms with Crippen LogP contribution in [0.3, 0.4) is 0 Å². The van der Waals surface area contributed by atoms with E-state index in [1.54, 1.807) is 12.5 Å². The first-order chi connectivity index (χ1) is 11.6. The topological polar surface area (TPSA) is 58.4 Å². The molecule has 6 heteroatoms. The van der Waals surface area contributed by atoms with E-state index >= 15 is 0 Å². The van der Waals surface area contributed by atoms with E-state index < -0.39 is 0 Å². The van der Waals surface area contributed by atoms with Gasteiger partial charge in [0.2, 0.25) is 5.91 Å². The molecule has 0 spiro atoms. The Balaban J connectivity index is 1.41. The van der Waals surface area contributed by atoms with Crippen LogP contribution in [0.15, 0.2) is 28.4 Å². The van der Waals surface area contributed by atoms with E-state index in [-0.39, 0.29) is 5.91 Å². The monoisotopic (exact) mass is 347 g/mol. The van der Waals surface area contributed by atoms with E-state index in [0.717, 1.165) is 47.7 Å². The highest BCUT2D eigenvalue weighted by Crippen LogP contribution is 2.24. The number of nitrogens with one attached hydrogen (secondary N) is 1. The van der Waals surface area contributed by atoms with Gasteiger partial charge in [0.15, 0.2) is 0 Å². The fourth-order valence-corrected chi connectivity index (χ4v) is 4.27. The first-order valence-corrected chi connectivity index (χ1v) is 9.44. The minimum atomic E-state index is 0.0390. The van der Waals surface area contributed by atoms with Crippen molar-refractivity contribution in [3.8, 4) is 10.6 Å². The molecular formula is C18H25N3O2S. The van der Waals surface area contributed by atoms with Gasteiger partial charge in [0.05, 0.1) is 18.4 Å². The average Bonchev–Trinajstić information content (AvgIpc) is 3.16. The zero-order valence-corrected chi connectivity index (χ0v) is 15.1. The van der Waals surface area contributed by atoms with Crippen molar-refractivity contribution < 1.29 is 9.21 Å². The van der Waals surface area contributed by atoms with Crippen molar-refractivity contribution in [1.29, 1.82) is 0 Å². The summed E-state index contributed by atoms with van der Waals surface area (Å²) in [4.78, 5) is 19.1. The maximum Gasteiger partial charge on any atom is 0.226 e. The van der Waals surface area contributed by atoms with Gasteiger partial charge < -0.3 is 14.6 Å². The van der Waals surface area contributed by atoms with Crippen molar-refractivity contribution >= 4 is 17.2 Å². The lowest BCUT2D eigenvalue weighted by Crippen LogP contribution is -2.43. The minimum Gasteiger partial charge on any atom is -0.472 e. The molecule has 2 atom stereocenters. The lowest BCUT2D eigenvalue weighted by Gasteiger charge is -2.34. The second-order valence-electron chi connectivity index (χ2n) is 6.89. The van der Waals surface area contributed by atoms with Crippen LogP contribution in [-0.4, -0.2) is 42.0 Å². The first kappa shape index (κ1) is 17.2. The van der Waals surface area contributed by atoms with Crippen LogP contribution in [0.5, 0.6) is 0 Å². The van der Waals surface area contributed by atoms with Gasteiger partial charge in [0.25, 0.3) is 0 Å². The number of likely N-dealkylation sites (tertiary alicyclic amines) is 1. The molecule has 0 aliphatic carbocycles. The Hall–Kier alpha value is -1.66. The molecule has 0 unspecified atom stereocenters. The van der Waals surface area contributed by atoms with Crippen LogP contribution in [0.2, 0.25) is 0 Å². The van der Waals surface area contributed by atoms with E-state index in [1.807, 2.05) is 11.4 Å². The molecule has 1 fully saturated rings. The van der Waals surface area contributed by atoms with Crippen LogP contribution in [0.1, 0.15) is 26.0 Å². The number of hydrogen-bond donors (Lipinski definition) is 1. The summed E-state index contributed by atoms with van der Waals surface area (Å²) in [5, 5.41) is 5.85. The second kappa shape index (κ2) is 7.94. The Morgan fingerprint density at radius 1 is 1.42 bits per heavy atom. The van der Waals surface area contributed by atoms with Crippen LogP contribution in [0.25, 0.3) is 10.6 Å². The molecule has 1 saturated heterocycles. The molecule has 1 aliphatic heterocycles. The summed E-state index contributed by atoms with van der Waals surface area (Å²) in [5.41, 5.74) is 1.77. The summed E-state index contributed by atoms with van der Waals surface area (Å²) >= 11 is 1.54. The molecule has 24 heavy (non-hydrogen) atoms. The fraction of sp³-hybridized carbons (Fsp3) is 0.556. The van der Waals surface area contributed by atoms with Crippen molar-refractivity contribution in [3.05, 3.63) is 29.7 Å². The van der Waals surface area contributed by atoms with E-state index in [1.165, 1.54) is 17.8 Å². The van der Waals surface area contributed by atoms with E-state index in [2.05, 4.69) is 29.0 Å². The Morgan fingerprint density at radius 3 is 2.92 bits per heavy atom. The molecule has 0 bridgehead atoms. The summed E-state index contributed by atoms with van der Waals surface area (Å²) in [6, 6.07) is 1.88. The zero-order valence-electron chi connectivity index (χ0n) is 14.3. The number of hydrogen-bond acceptors (Lipinski definition) is 5. The molecule has 130 valence electrons. The zero-order chi connectivity index (χ0) is 16.9. The van der Waals surface area contributed by atoms with Crippen molar-refractivity contribution in [2.24, 2.45) is 11.8 Å². The molecule has 1 N–H and O–H groups in total. The highest BCUT2D eigenvalue weighted by atomic mass is 32.1. The molecule has 1 amide bonds. The van der Waals surface area contributed by atoms with Crippen molar-refractivity contribution in [1.82, 2.24) is 15.2 Å². The van der Waals surface area contributed by atoms with Gasteiger partial charge in [0.1, 0.15) is 11.3 Å². The summed E-state index contributed by atoms with van der Waals surface area (Å²) in [6.45, 7) is 8.53. The molecule has 0 aromatic carbocycles. The number of thiazole rings is 1. The summed E-state index contributed by atoms with van der Waals surface area (Å²) < 4.78 is 5.07. The van der Waals surface area contributed by atoms with Crippen LogP contribution in [-0.2, 0) is 11.2 Å². The summed E-state index contributed by atoms with van der Waals surface area (Å²) in [5.74, 6) is 1.54. The van der Waals surface area contributed by atoms with Gasteiger partial charge in [-0.05, 0) is 24.3 Å². The highest BCUT2D eigenvalue weighted by molar-refractivity contribution is 7.13. The van der Waals surface area contributed by atoms with Gasteiger partial charge in [-0.3, -0.25) is 4.79 Å². The number of piperidine rings is 1. The minimum absolute atomic E-state index is 0.0390. The van der Waals surface area contributed by atoms with Crippen LogP contribution < -0.4 is 5.32 Å². The lowest BCUT2D eigenvalue weighted by atomic mass is 9.92. The standard InChI is InChI=1S/C18H25N3O2S/c1-13-7-14(2)10-21(9-13)5-4-19-17(22)8-16-12-24-18(20-16)15-3-6-23-11-15/h3,6,11-14H,4-5,7-10H2,1-2H3,(H,19,22)/t13-,14-/m0/s1. The molecule has 3 rings (SSSR count). The number of rotatable bonds is 6. The Bertz CT molecular complexity index is 643. The predicted octanol–water partition coefficient (Wildman–Crippen LogP) is 3.04. The number of furan rings is 1.